The molecule has 0 aliphatic heterocycles. The molecule has 2 rings (SSSR count). The Labute approximate surface area is 103 Å². The Morgan fingerprint density at radius 3 is 2.71 bits per heavy atom. The summed E-state index contributed by atoms with van der Waals surface area (Å²) >= 11 is 0. The van der Waals surface area contributed by atoms with Crippen molar-refractivity contribution in [2.45, 2.75) is 33.6 Å². The molecule has 1 heterocycles. The molecule has 0 saturated carbocycles. The van der Waals surface area contributed by atoms with Crippen LogP contribution >= 0.6 is 0 Å². The van der Waals surface area contributed by atoms with Crippen LogP contribution < -0.4 is 5.32 Å². The molecule has 0 radical (unpaired) electrons. The third-order valence-corrected chi connectivity index (χ3v) is 3.04. The largest absolute Gasteiger partial charge is 0.370 e. The first-order valence-electron chi connectivity index (χ1n) is 6.27. The average molecular weight is 228 g/mol. The number of benzene rings is 1. The van der Waals surface area contributed by atoms with Crippen molar-refractivity contribution in [2.24, 2.45) is 0 Å². The molecule has 0 amide bonds. The summed E-state index contributed by atoms with van der Waals surface area (Å²) in [7, 11) is 0. The Morgan fingerprint density at radius 1 is 1.29 bits per heavy atom. The number of rotatable bonds is 3. The van der Waals surface area contributed by atoms with E-state index in [1.54, 1.807) is 0 Å². The number of hydrogen-bond donors (Lipinski definition) is 1. The van der Waals surface area contributed by atoms with Crippen molar-refractivity contribution in [3.05, 3.63) is 35.4 Å². The molecule has 17 heavy (non-hydrogen) atoms. The van der Waals surface area contributed by atoms with E-state index in [0.29, 0.717) is 5.92 Å². The fourth-order valence-electron chi connectivity index (χ4n) is 2.11. The molecule has 0 bridgehead atoms. The average Bonchev–Trinajstić information content (AvgIpc) is 2.29. The minimum Gasteiger partial charge on any atom is -0.370 e. The molecule has 0 atom stereocenters. The number of nitrogens with one attached hydrogen (secondary N) is 1. The van der Waals surface area contributed by atoms with Gasteiger partial charge in [-0.15, -0.1) is 0 Å². The molecule has 0 aliphatic carbocycles. The van der Waals surface area contributed by atoms with E-state index in [1.807, 2.05) is 0 Å². The summed E-state index contributed by atoms with van der Waals surface area (Å²) in [5, 5.41) is 4.60. The first kappa shape index (κ1) is 11.9. The highest BCUT2D eigenvalue weighted by molar-refractivity contribution is 5.84. The van der Waals surface area contributed by atoms with Crippen molar-refractivity contribution in [1.82, 2.24) is 4.98 Å². The number of fused-ring (bicyclic) bond motifs is 1. The van der Waals surface area contributed by atoms with Crippen LogP contribution in [0.15, 0.2) is 24.3 Å². The SMILES string of the molecule is CCNc1nc2c(C)cccc2cc1C(C)C. The van der Waals surface area contributed by atoms with Gasteiger partial charge in [-0.2, -0.15) is 0 Å². The van der Waals surface area contributed by atoms with E-state index in [-0.39, 0.29) is 0 Å². The zero-order valence-electron chi connectivity index (χ0n) is 11.0. The second kappa shape index (κ2) is 4.74. The van der Waals surface area contributed by atoms with E-state index in [1.165, 1.54) is 16.5 Å². The van der Waals surface area contributed by atoms with Gasteiger partial charge >= 0.3 is 0 Å². The van der Waals surface area contributed by atoms with Crippen LogP contribution in [0, 0.1) is 6.92 Å². The zero-order chi connectivity index (χ0) is 12.4. The molecule has 1 aromatic heterocycles. The summed E-state index contributed by atoms with van der Waals surface area (Å²) in [4.78, 5) is 4.77. The van der Waals surface area contributed by atoms with Crippen molar-refractivity contribution >= 4 is 16.7 Å². The van der Waals surface area contributed by atoms with Gasteiger partial charge in [0.25, 0.3) is 0 Å². The Hall–Kier alpha value is -1.57. The molecule has 0 saturated heterocycles. The Bertz CT molecular complexity index is 530. The first-order chi connectivity index (χ1) is 8.13. The molecule has 0 spiro atoms. The second-order valence-corrected chi connectivity index (χ2v) is 4.76. The van der Waals surface area contributed by atoms with Crippen LogP contribution in [0.5, 0.6) is 0 Å². The van der Waals surface area contributed by atoms with Crippen LogP contribution in [0.4, 0.5) is 5.82 Å². The van der Waals surface area contributed by atoms with Gasteiger partial charge in [-0.25, -0.2) is 4.98 Å². The molecule has 0 fully saturated rings. The highest BCUT2D eigenvalue weighted by atomic mass is 15.0. The fourth-order valence-corrected chi connectivity index (χ4v) is 2.11. The highest BCUT2D eigenvalue weighted by Gasteiger charge is 2.10. The van der Waals surface area contributed by atoms with Gasteiger partial charge < -0.3 is 5.32 Å². The van der Waals surface area contributed by atoms with Gasteiger partial charge in [0.05, 0.1) is 5.52 Å². The summed E-state index contributed by atoms with van der Waals surface area (Å²) in [6, 6.07) is 8.60. The molecule has 2 aromatic rings. The predicted molar refractivity (Wildman–Crippen MR) is 74.7 cm³/mol. The van der Waals surface area contributed by atoms with Gasteiger partial charge in [-0.3, -0.25) is 0 Å². The maximum absolute atomic E-state index is 4.77. The summed E-state index contributed by atoms with van der Waals surface area (Å²) in [6.07, 6.45) is 0. The molecule has 0 unspecified atom stereocenters. The molecule has 0 aliphatic rings. The number of aromatic nitrogens is 1. The maximum atomic E-state index is 4.77. The van der Waals surface area contributed by atoms with Crippen LogP contribution in [0.3, 0.4) is 0 Å². The lowest BCUT2D eigenvalue weighted by Gasteiger charge is -2.15. The van der Waals surface area contributed by atoms with Gasteiger partial charge in [0.2, 0.25) is 0 Å². The zero-order valence-corrected chi connectivity index (χ0v) is 11.0. The summed E-state index contributed by atoms with van der Waals surface area (Å²) in [5.74, 6) is 1.52. The minimum atomic E-state index is 0.487. The monoisotopic (exact) mass is 228 g/mol. The number of aryl methyl sites for hydroxylation is 1. The summed E-state index contributed by atoms with van der Waals surface area (Å²) in [5.41, 5.74) is 3.63. The Balaban J connectivity index is 2.68. The molecule has 1 N–H and O–H groups in total. The van der Waals surface area contributed by atoms with E-state index in [4.69, 9.17) is 4.98 Å². The third-order valence-electron chi connectivity index (χ3n) is 3.04. The lowest BCUT2D eigenvalue weighted by molar-refractivity contribution is 0.861. The van der Waals surface area contributed by atoms with Crippen LogP contribution in [0.2, 0.25) is 0 Å². The molecule has 1 aromatic carbocycles. The molecule has 2 heteroatoms. The molecular weight excluding hydrogens is 208 g/mol. The van der Waals surface area contributed by atoms with Gasteiger partial charge in [0.1, 0.15) is 5.82 Å². The van der Waals surface area contributed by atoms with E-state index >= 15 is 0 Å². The van der Waals surface area contributed by atoms with Crippen molar-refractivity contribution < 1.29 is 0 Å². The van der Waals surface area contributed by atoms with E-state index in [2.05, 4.69) is 57.3 Å². The van der Waals surface area contributed by atoms with Crippen molar-refractivity contribution in [3.8, 4) is 0 Å². The Kier molecular flexibility index (Phi) is 3.32. The third kappa shape index (κ3) is 2.26. The fraction of sp³-hybridized carbons (Fsp3) is 0.400. The van der Waals surface area contributed by atoms with E-state index < -0.39 is 0 Å². The van der Waals surface area contributed by atoms with Crippen LogP contribution in [0.1, 0.15) is 37.8 Å². The van der Waals surface area contributed by atoms with Crippen LogP contribution in [0.25, 0.3) is 10.9 Å². The Morgan fingerprint density at radius 2 is 2.06 bits per heavy atom. The number of nitrogens with zero attached hydrogens (tertiary/aromatic N) is 1. The number of hydrogen-bond acceptors (Lipinski definition) is 2. The lowest BCUT2D eigenvalue weighted by Crippen LogP contribution is -2.05. The first-order valence-corrected chi connectivity index (χ1v) is 6.27. The van der Waals surface area contributed by atoms with E-state index in [0.717, 1.165) is 17.9 Å². The topological polar surface area (TPSA) is 24.9 Å². The highest BCUT2D eigenvalue weighted by Crippen LogP contribution is 2.27. The van der Waals surface area contributed by atoms with Gasteiger partial charge in [-0.05, 0) is 37.0 Å². The normalized spacial score (nSPS) is 11.1. The maximum Gasteiger partial charge on any atom is 0.130 e. The van der Waals surface area contributed by atoms with E-state index in [9.17, 15) is 0 Å². The minimum absolute atomic E-state index is 0.487. The summed E-state index contributed by atoms with van der Waals surface area (Å²) in [6.45, 7) is 9.54. The quantitative estimate of drug-likeness (QED) is 0.855. The lowest BCUT2D eigenvalue weighted by atomic mass is 10.0. The van der Waals surface area contributed by atoms with Crippen molar-refractivity contribution in [3.63, 3.8) is 0 Å². The number of para-hydroxylation sites is 1. The van der Waals surface area contributed by atoms with Gasteiger partial charge in [0.15, 0.2) is 0 Å². The van der Waals surface area contributed by atoms with Crippen molar-refractivity contribution in [2.75, 3.05) is 11.9 Å². The summed E-state index contributed by atoms with van der Waals surface area (Å²) < 4.78 is 0. The smallest absolute Gasteiger partial charge is 0.130 e. The number of pyridine rings is 1. The van der Waals surface area contributed by atoms with Crippen molar-refractivity contribution in [1.29, 1.82) is 0 Å². The molecular formula is C15H20N2. The van der Waals surface area contributed by atoms with Crippen LogP contribution in [-0.2, 0) is 0 Å². The number of anilines is 1. The molecule has 90 valence electrons. The molecule has 2 nitrogen and oxygen atoms in total. The predicted octanol–water partition coefficient (Wildman–Crippen LogP) is 4.10. The standard InChI is InChI=1S/C15H20N2/c1-5-16-15-13(10(2)3)9-12-8-6-7-11(4)14(12)17-15/h6-10H,5H2,1-4H3,(H,16,17). The van der Waals surface area contributed by atoms with Gasteiger partial charge in [-0.1, -0.05) is 32.0 Å². The van der Waals surface area contributed by atoms with Crippen LogP contribution in [-0.4, -0.2) is 11.5 Å². The second-order valence-electron chi connectivity index (χ2n) is 4.76. The van der Waals surface area contributed by atoms with Gasteiger partial charge in [0, 0.05) is 11.9 Å².